The van der Waals surface area contributed by atoms with Crippen molar-refractivity contribution in [3.8, 4) is 5.75 Å². The van der Waals surface area contributed by atoms with Gasteiger partial charge in [-0.15, -0.1) is 0 Å². The number of hydrogen-bond acceptors (Lipinski definition) is 4. The number of nitrogens with zero attached hydrogens (tertiary/aromatic N) is 2. The van der Waals surface area contributed by atoms with Crippen molar-refractivity contribution in [2.24, 2.45) is 28.8 Å². The molecule has 0 radical (unpaired) electrons. The lowest BCUT2D eigenvalue weighted by molar-refractivity contribution is -0.140. The maximum absolute atomic E-state index is 13.0. The van der Waals surface area contributed by atoms with Crippen LogP contribution in [0.4, 0.5) is 4.39 Å². The van der Waals surface area contributed by atoms with Crippen molar-refractivity contribution in [3.63, 3.8) is 0 Å². The highest BCUT2D eigenvalue weighted by Gasteiger charge is 2.59. The molecule has 2 aromatic rings. The lowest BCUT2D eigenvalue weighted by Crippen LogP contribution is -2.28. The van der Waals surface area contributed by atoms with Gasteiger partial charge in [0.1, 0.15) is 18.2 Å². The van der Waals surface area contributed by atoms with E-state index in [4.69, 9.17) is 4.74 Å². The number of amides is 2. The second-order valence-corrected chi connectivity index (χ2v) is 7.69. The van der Waals surface area contributed by atoms with Gasteiger partial charge in [0.25, 0.3) is 11.8 Å². The van der Waals surface area contributed by atoms with Gasteiger partial charge in [-0.05, 0) is 48.1 Å². The molecular formula is C23H19FN2O3. The third-order valence-electron chi connectivity index (χ3n) is 5.99. The van der Waals surface area contributed by atoms with Crippen LogP contribution in [0, 0.1) is 29.5 Å². The molecule has 4 atom stereocenters. The first-order chi connectivity index (χ1) is 14.1. The number of para-hydroxylation sites is 1. The van der Waals surface area contributed by atoms with Gasteiger partial charge in [-0.25, -0.2) is 4.39 Å². The first-order valence-electron chi connectivity index (χ1n) is 9.68. The summed E-state index contributed by atoms with van der Waals surface area (Å²) in [6.07, 6.45) is 6.50. The van der Waals surface area contributed by atoms with E-state index in [1.54, 1.807) is 24.3 Å². The zero-order valence-corrected chi connectivity index (χ0v) is 15.6. The third kappa shape index (κ3) is 3.05. The Kier molecular flexibility index (Phi) is 4.27. The molecule has 29 heavy (non-hydrogen) atoms. The van der Waals surface area contributed by atoms with E-state index in [1.165, 1.54) is 18.3 Å². The minimum absolute atomic E-state index is 0.160. The molecule has 1 aliphatic heterocycles. The monoisotopic (exact) mass is 390 g/mol. The molecule has 2 amide bonds. The average Bonchev–Trinajstić information content (AvgIpc) is 3.41. The van der Waals surface area contributed by atoms with Crippen LogP contribution in [0.2, 0.25) is 0 Å². The summed E-state index contributed by atoms with van der Waals surface area (Å²) < 4.78 is 18.9. The smallest absolute Gasteiger partial charge is 0.254 e. The van der Waals surface area contributed by atoms with Crippen LogP contribution in [0.1, 0.15) is 17.5 Å². The first kappa shape index (κ1) is 17.8. The predicted molar refractivity (Wildman–Crippen MR) is 104 cm³/mol. The van der Waals surface area contributed by atoms with Gasteiger partial charge in [0.2, 0.25) is 0 Å². The van der Waals surface area contributed by atoms with Crippen molar-refractivity contribution in [3.05, 3.63) is 77.6 Å². The highest BCUT2D eigenvalue weighted by Crippen LogP contribution is 2.52. The molecule has 0 spiro atoms. The van der Waals surface area contributed by atoms with Gasteiger partial charge in [-0.3, -0.25) is 9.59 Å². The summed E-state index contributed by atoms with van der Waals surface area (Å²) in [5, 5.41) is 5.24. The number of fused-ring (bicyclic) bond motifs is 5. The van der Waals surface area contributed by atoms with E-state index >= 15 is 0 Å². The minimum Gasteiger partial charge on any atom is -0.488 e. The normalized spacial score (nSPS) is 27.3. The van der Waals surface area contributed by atoms with Crippen LogP contribution in [0.5, 0.6) is 5.75 Å². The Morgan fingerprint density at radius 1 is 1.00 bits per heavy atom. The van der Waals surface area contributed by atoms with Crippen LogP contribution >= 0.6 is 0 Å². The zero-order chi connectivity index (χ0) is 20.0. The fourth-order valence-corrected chi connectivity index (χ4v) is 4.58. The van der Waals surface area contributed by atoms with Crippen molar-refractivity contribution in [1.82, 2.24) is 5.01 Å². The van der Waals surface area contributed by atoms with E-state index in [1.807, 2.05) is 12.1 Å². The second-order valence-electron chi connectivity index (χ2n) is 7.69. The van der Waals surface area contributed by atoms with Gasteiger partial charge >= 0.3 is 0 Å². The Bertz CT molecular complexity index is 1000. The summed E-state index contributed by atoms with van der Waals surface area (Å²) in [4.78, 5) is 25.5. The minimum atomic E-state index is -0.297. The SMILES string of the molecule is O=C1C2C3C=CC(C3)C2C(=O)N1N=Cc1ccccc1OCc1ccc(F)cc1. The van der Waals surface area contributed by atoms with E-state index in [-0.39, 0.29) is 47.9 Å². The molecule has 5 rings (SSSR count). The van der Waals surface area contributed by atoms with Gasteiger partial charge in [-0.1, -0.05) is 36.4 Å². The number of carbonyl (C=O) groups is 2. The molecule has 1 heterocycles. The van der Waals surface area contributed by atoms with E-state index in [0.29, 0.717) is 11.3 Å². The van der Waals surface area contributed by atoms with Crippen molar-refractivity contribution < 1.29 is 18.7 Å². The predicted octanol–water partition coefficient (Wildman–Crippen LogP) is 3.55. The highest BCUT2D eigenvalue weighted by molar-refractivity contribution is 6.06. The van der Waals surface area contributed by atoms with Crippen LogP contribution in [0.15, 0.2) is 65.8 Å². The van der Waals surface area contributed by atoms with Crippen LogP contribution in [0.3, 0.4) is 0 Å². The van der Waals surface area contributed by atoms with Gasteiger partial charge in [0.05, 0.1) is 18.1 Å². The fourth-order valence-electron chi connectivity index (χ4n) is 4.58. The van der Waals surface area contributed by atoms with Crippen molar-refractivity contribution in [1.29, 1.82) is 0 Å². The summed E-state index contributed by atoms with van der Waals surface area (Å²) in [5.41, 5.74) is 1.49. The molecule has 2 fully saturated rings. The molecule has 0 aromatic heterocycles. The molecule has 1 saturated heterocycles. The molecule has 5 nitrogen and oxygen atoms in total. The van der Waals surface area contributed by atoms with E-state index in [9.17, 15) is 14.0 Å². The maximum atomic E-state index is 13.0. The number of allylic oxidation sites excluding steroid dienone is 2. The lowest BCUT2D eigenvalue weighted by Gasteiger charge is -2.13. The number of halogens is 1. The number of rotatable bonds is 5. The van der Waals surface area contributed by atoms with Crippen molar-refractivity contribution in [2.75, 3.05) is 0 Å². The van der Waals surface area contributed by atoms with Gasteiger partial charge < -0.3 is 4.74 Å². The van der Waals surface area contributed by atoms with Crippen LogP contribution in [0.25, 0.3) is 0 Å². The van der Waals surface area contributed by atoms with Crippen LogP contribution < -0.4 is 4.74 Å². The summed E-state index contributed by atoms with van der Waals surface area (Å²) >= 11 is 0. The van der Waals surface area contributed by atoms with Crippen molar-refractivity contribution >= 4 is 18.0 Å². The number of hydrogen-bond donors (Lipinski definition) is 0. The van der Waals surface area contributed by atoms with Gasteiger partial charge in [0.15, 0.2) is 0 Å². The average molecular weight is 390 g/mol. The number of imide groups is 1. The molecule has 2 aromatic carbocycles. The molecule has 1 saturated carbocycles. The van der Waals surface area contributed by atoms with E-state index in [2.05, 4.69) is 17.3 Å². The summed E-state index contributed by atoms with van der Waals surface area (Å²) in [6, 6.07) is 13.3. The maximum Gasteiger partial charge on any atom is 0.254 e. The Labute approximate surface area is 167 Å². The largest absolute Gasteiger partial charge is 0.488 e. The van der Waals surface area contributed by atoms with Gasteiger partial charge in [-0.2, -0.15) is 10.1 Å². The quantitative estimate of drug-likeness (QED) is 0.446. The third-order valence-corrected chi connectivity index (χ3v) is 5.99. The molecule has 0 N–H and O–H groups in total. The van der Waals surface area contributed by atoms with Crippen LogP contribution in [-0.2, 0) is 16.2 Å². The molecule has 6 heteroatoms. The number of ether oxygens (including phenoxy) is 1. The molecule has 2 bridgehead atoms. The standard InChI is InChI=1S/C23H19FN2O3/c24-18-9-5-14(6-10-18)13-29-19-4-2-1-3-17(19)12-25-26-22(27)20-15-7-8-16(11-15)21(20)23(26)28/h1-10,12,15-16,20-21H,11,13H2. The van der Waals surface area contributed by atoms with Crippen molar-refractivity contribution in [2.45, 2.75) is 13.0 Å². The zero-order valence-electron chi connectivity index (χ0n) is 15.6. The summed E-state index contributed by atoms with van der Waals surface area (Å²) in [6.45, 7) is 0.270. The Hall–Kier alpha value is -3.28. The van der Waals surface area contributed by atoms with E-state index in [0.717, 1.165) is 17.0 Å². The van der Waals surface area contributed by atoms with Gasteiger partial charge in [0, 0.05) is 5.56 Å². The molecular weight excluding hydrogens is 371 g/mol. The highest BCUT2D eigenvalue weighted by atomic mass is 19.1. The Morgan fingerprint density at radius 2 is 1.66 bits per heavy atom. The molecule has 146 valence electrons. The first-order valence-corrected chi connectivity index (χ1v) is 9.68. The number of benzene rings is 2. The number of carbonyl (C=O) groups excluding carboxylic acids is 2. The second kappa shape index (κ2) is 6.95. The fraction of sp³-hybridized carbons (Fsp3) is 0.261. The Morgan fingerprint density at radius 3 is 2.34 bits per heavy atom. The molecule has 3 aliphatic rings. The molecule has 4 unspecified atom stereocenters. The Balaban J connectivity index is 1.32. The lowest BCUT2D eigenvalue weighted by atomic mass is 9.85. The van der Waals surface area contributed by atoms with Crippen LogP contribution in [-0.4, -0.2) is 23.0 Å². The number of hydrazone groups is 1. The molecule has 2 aliphatic carbocycles. The van der Waals surface area contributed by atoms with E-state index < -0.39 is 0 Å². The summed E-state index contributed by atoms with van der Waals surface area (Å²) in [5.74, 6) is -0.355. The topological polar surface area (TPSA) is 59.0 Å². The summed E-state index contributed by atoms with van der Waals surface area (Å²) in [7, 11) is 0.